The molecule has 0 atom stereocenters. The predicted octanol–water partition coefficient (Wildman–Crippen LogP) is 2.62. The average Bonchev–Trinajstić information content (AvgIpc) is 2.70. The lowest BCUT2D eigenvalue weighted by Crippen LogP contribution is -2.24. The fraction of sp³-hybridized carbons (Fsp3) is 0.190. The van der Waals surface area contributed by atoms with Gasteiger partial charge in [-0.25, -0.2) is 5.43 Å². The third-order valence-corrected chi connectivity index (χ3v) is 3.86. The molecule has 3 N–H and O–H groups in total. The van der Waals surface area contributed by atoms with Crippen molar-refractivity contribution in [2.45, 2.75) is 12.8 Å². The number of amides is 2. The van der Waals surface area contributed by atoms with Gasteiger partial charge < -0.3 is 19.9 Å². The minimum atomic E-state index is -0.565. The van der Waals surface area contributed by atoms with Gasteiger partial charge in [0.25, 0.3) is 0 Å². The van der Waals surface area contributed by atoms with Crippen molar-refractivity contribution in [3.05, 3.63) is 60.2 Å². The summed E-state index contributed by atoms with van der Waals surface area (Å²) in [6.07, 6.45) is 3.11. The molecule has 0 bridgehead atoms. The Kier molecular flexibility index (Phi) is 7.78. The monoisotopic (exact) mass is 397 g/mol. The van der Waals surface area contributed by atoms with E-state index >= 15 is 0 Å². The second-order valence-electron chi connectivity index (χ2n) is 5.97. The summed E-state index contributed by atoms with van der Waals surface area (Å²) in [6.45, 7) is 3.65. The number of hydrogen-bond acceptors (Lipinski definition) is 6. The van der Waals surface area contributed by atoms with Crippen LogP contribution in [0.2, 0.25) is 0 Å². The first-order chi connectivity index (χ1) is 14.0. The predicted molar refractivity (Wildman–Crippen MR) is 111 cm³/mol. The zero-order chi connectivity index (χ0) is 21.2. The number of aromatic hydroxyl groups is 1. The standard InChI is InChI=1S/C21H23N3O5/c1-4-5-15-10-14(11-18(29-3)21(15)27)13-22-24-20(26)12-19(25)23-16-6-8-17(28-2)9-7-16/h4,6-11,13,27H,1,5,12H2,2-3H3,(H,23,25)(H,24,26)/b22-13+. The molecule has 8 nitrogen and oxygen atoms in total. The van der Waals surface area contributed by atoms with Crippen LogP contribution in [0.25, 0.3) is 0 Å². The zero-order valence-corrected chi connectivity index (χ0v) is 16.3. The highest BCUT2D eigenvalue weighted by atomic mass is 16.5. The van der Waals surface area contributed by atoms with Gasteiger partial charge in [-0.3, -0.25) is 9.59 Å². The summed E-state index contributed by atoms with van der Waals surface area (Å²) in [5, 5.41) is 16.5. The van der Waals surface area contributed by atoms with Gasteiger partial charge in [-0.1, -0.05) is 6.08 Å². The van der Waals surface area contributed by atoms with Gasteiger partial charge in [-0.2, -0.15) is 5.10 Å². The van der Waals surface area contributed by atoms with Crippen molar-refractivity contribution >= 4 is 23.7 Å². The lowest BCUT2D eigenvalue weighted by atomic mass is 10.1. The van der Waals surface area contributed by atoms with E-state index in [2.05, 4.69) is 22.4 Å². The molecule has 152 valence electrons. The van der Waals surface area contributed by atoms with Gasteiger partial charge in [-0.05, 0) is 48.4 Å². The average molecular weight is 397 g/mol. The minimum Gasteiger partial charge on any atom is -0.504 e. The smallest absolute Gasteiger partial charge is 0.249 e. The number of nitrogens with zero attached hydrogens (tertiary/aromatic N) is 1. The van der Waals surface area contributed by atoms with Crippen LogP contribution in [-0.2, 0) is 16.0 Å². The van der Waals surface area contributed by atoms with E-state index in [0.29, 0.717) is 29.0 Å². The first kappa shape index (κ1) is 21.5. The SMILES string of the molecule is C=CCc1cc(/C=N/NC(=O)CC(=O)Nc2ccc(OC)cc2)cc(OC)c1O. The van der Waals surface area contributed by atoms with E-state index in [4.69, 9.17) is 9.47 Å². The Labute approximate surface area is 168 Å². The Balaban J connectivity index is 1.92. The molecule has 0 aliphatic heterocycles. The number of ether oxygens (including phenoxy) is 2. The van der Waals surface area contributed by atoms with Crippen LogP contribution in [-0.4, -0.2) is 37.4 Å². The molecule has 0 unspecified atom stereocenters. The number of methoxy groups -OCH3 is 2. The number of phenols is 1. The van der Waals surface area contributed by atoms with Gasteiger partial charge in [0.1, 0.15) is 12.2 Å². The molecular formula is C21H23N3O5. The molecular weight excluding hydrogens is 374 g/mol. The maximum atomic E-state index is 11.9. The maximum Gasteiger partial charge on any atom is 0.249 e. The normalized spacial score (nSPS) is 10.4. The van der Waals surface area contributed by atoms with Crippen LogP contribution in [0.1, 0.15) is 17.5 Å². The topological polar surface area (TPSA) is 109 Å². The first-order valence-corrected chi connectivity index (χ1v) is 8.73. The number of benzene rings is 2. The highest BCUT2D eigenvalue weighted by molar-refractivity contribution is 6.03. The van der Waals surface area contributed by atoms with Gasteiger partial charge in [0, 0.05) is 11.3 Å². The minimum absolute atomic E-state index is 0.0313. The molecule has 29 heavy (non-hydrogen) atoms. The van der Waals surface area contributed by atoms with Crippen molar-refractivity contribution in [1.29, 1.82) is 0 Å². The summed E-state index contributed by atoms with van der Waals surface area (Å²) in [4.78, 5) is 23.8. The van der Waals surface area contributed by atoms with E-state index in [-0.39, 0.29) is 17.9 Å². The third kappa shape index (κ3) is 6.39. The molecule has 0 aliphatic rings. The number of phenolic OH excluding ortho intramolecular Hbond substituents is 1. The summed E-state index contributed by atoms with van der Waals surface area (Å²) < 4.78 is 10.2. The molecule has 0 fully saturated rings. The molecule has 0 heterocycles. The summed E-state index contributed by atoms with van der Waals surface area (Å²) in [5.74, 6) is -0.0521. The van der Waals surface area contributed by atoms with Crippen molar-refractivity contribution < 1.29 is 24.2 Å². The van der Waals surface area contributed by atoms with Gasteiger partial charge >= 0.3 is 0 Å². The van der Waals surface area contributed by atoms with Crippen LogP contribution in [0.15, 0.2) is 54.2 Å². The van der Waals surface area contributed by atoms with Gasteiger partial charge in [0.2, 0.25) is 11.8 Å². The zero-order valence-electron chi connectivity index (χ0n) is 16.3. The number of allylic oxidation sites excluding steroid dienone is 1. The molecule has 0 aliphatic carbocycles. The van der Waals surface area contributed by atoms with Crippen LogP contribution in [0.3, 0.4) is 0 Å². The summed E-state index contributed by atoms with van der Waals surface area (Å²) in [5.41, 5.74) is 4.08. The van der Waals surface area contributed by atoms with Crippen LogP contribution in [0.5, 0.6) is 17.2 Å². The van der Waals surface area contributed by atoms with Crippen molar-refractivity contribution in [1.82, 2.24) is 5.43 Å². The molecule has 2 aromatic rings. The molecule has 0 spiro atoms. The summed E-state index contributed by atoms with van der Waals surface area (Å²) in [7, 11) is 2.99. The lowest BCUT2D eigenvalue weighted by molar-refractivity contribution is -0.126. The van der Waals surface area contributed by atoms with E-state index in [1.54, 1.807) is 49.6 Å². The van der Waals surface area contributed by atoms with E-state index in [1.165, 1.54) is 13.3 Å². The van der Waals surface area contributed by atoms with E-state index < -0.39 is 11.8 Å². The highest BCUT2D eigenvalue weighted by Gasteiger charge is 2.10. The van der Waals surface area contributed by atoms with Crippen LogP contribution < -0.4 is 20.2 Å². The molecule has 0 saturated carbocycles. The second-order valence-corrected chi connectivity index (χ2v) is 5.97. The molecule has 0 radical (unpaired) electrons. The van der Waals surface area contributed by atoms with E-state index in [1.807, 2.05) is 0 Å². The second kappa shape index (κ2) is 10.5. The van der Waals surface area contributed by atoms with Crippen molar-refractivity contribution in [3.8, 4) is 17.2 Å². The number of nitrogens with one attached hydrogen (secondary N) is 2. The van der Waals surface area contributed by atoms with Crippen molar-refractivity contribution in [3.63, 3.8) is 0 Å². The lowest BCUT2D eigenvalue weighted by Gasteiger charge is -2.09. The first-order valence-electron chi connectivity index (χ1n) is 8.73. The van der Waals surface area contributed by atoms with E-state index in [0.717, 1.165) is 0 Å². The van der Waals surface area contributed by atoms with Crippen molar-refractivity contribution in [2.75, 3.05) is 19.5 Å². The fourth-order valence-corrected chi connectivity index (χ4v) is 2.47. The van der Waals surface area contributed by atoms with Crippen LogP contribution >= 0.6 is 0 Å². The Morgan fingerprint density at radius 3 is 2.48 bits per heavy atom. The maximum absolute atomic E-state index is 11.9. The Morgan fingerprint density at radius 1 is 1.14 bits per heavy atom. The number of hydrazone groups is 1. The van der Waals surface area contributed by atoms with Crippen LogP contribution in [0.4, 0.5) is 5.69 Å². The summed E-state index contributed by atoms with van der Waals surface area (Å²) in [6, 6.07) is 10.0. The fourth-order valence-electron chi connectivity index (χ4n) is 2.47. The number of rotatable bonds is 9. The number of anilines is 1. The number of hydrogen-bond donors (Lipinski definition) is 3. The highest BCUT2D eigenvalue weighted by Crippen LogP contribution is 2.31. The van der Waals surface area contributed by atoms with E-state index in [9.17, 15) is 14.7 Å². The number of carbonyl (C=O) groups excluding carboxylic acids is 2. The van der Waals surface area contributed by atoms with Gasteiger partial charge in [0.15, 0.2) is 11.5 Å². The van der Waals surface area contributed by atoms with Crippen LogP contribution in [0, 0.1) is 0 Å². The quantitative estimate of drug-likeness (QED) is 0.261. The molecule has 0 aromatic heterocycles. The van der Waals surface area contributed by atoms with Gasteiger partial charge in [0.05, 0.1) is 20.4 Å². The Hall–Kier alpha value is -3.81. The Morgan fingerprint density at radius 2 is 1.86 bits per heavy atom. The molecule has 2 rings (SSSR count). The summed E-state index contributed by atoms with van der Waals surface area (Å²) >= 11 is 0. The molecule has 2 aromatic carbocycles. The largest absolute Gasteiger partial charge is 0.504 e. The molecule has 8 heteroatoms. The Bertz CT molecular complexity index is 907. The third-order valence-electron chi connectivity index (χ3n) is 3.86. The molecule has 0 saturated heterocycles. The molecule has 2 amide bonds. The van der Waals surface area contributed by atoms with Gasteiger partial charge in [-0.15, -0.1) is 6.58 Å². The van der Waals surface area contributed by atoms with Crippen molar-refractivity contribution in [2.24, 2.45) is 5.10 Å². The number of carbonyl (C=O) groups is 2.